The molecule has 0 radical (unpaired) electrons. The Morgan fingerprint density at radius 1 is 0.758 bits per heavy atom. The summed E-state index contributed by atoms with van der Waals surface area (Å²) in [6.45, 7) is 5.64. The maximum Gasteiger partial charge on any atom is 0.101 e. The number of benzene rings is 3. The molecule has 0 aliphatic carbocycles. The molecule has 1 aliphatic heterocycles. The predicted molar refractivity (Wildman–Crippen MR) is 131 cm³/mol. The van der Waals surface area contributed by atoms with Crippen molar-refractivity contribution in [2.45, 2.75) is 13.0 Å². The molecule has 164 valence electrons. The summed E-state index contributed by atoms with van der Waals surface area (Å²) >= 11 is 5.54. The molecule has 1 fully saturated rings. The lowest BCUT2D eigenvalue weighted by molar-refractivity contribution is 0.198. The summed E-state index contributed by atoms with van der Waals surface area (Å²) in [4.78, 5) is 4.62. The van der Waals surface area contributed by atoms with Crippen LogP contribution >= 0.6 is 11.6 Å². The van der Waals surface area contributed by atoms with E-state index in [1.165, 1.54) is 5.56 Å². The molecule has 1 unspecified atom stereocenters. The minimum absolute atomic E-state index is 0.279. The minimum atomic E-state index is 0.279. The standard InChI is InChI=1S/C21H19N5.C6H5Cl/c1-16(19-5-2-17(13-22)3-6-19)25-8-10-26(11-9-25)21-7-4-18(14-23)12-20(21)15-24;7-6-4-2-1-3-5-6/h2-7,12,16H,8-11H2,1H3;1-5H. The molecular formula is C27H24ClN5. The van der Waals surface area contributed by atoms with Gasteiger partial charge in [0.15, 0.2) is 0 Å². The summed E-state index contributed by atoms with van der Waals surface area (Å²) < 4.78 is 0. The normalized spacial score (nSPS) is 14.1. The first-order chi connectivity index (χ1) is 16.0. The van der Waals surface area contributed by atoms with E-state index in [-0.39, 0.29) is 6.04 Å². The predicted octanol–water partition coefficient (Wildman–Crippen LogP) is 5.52. The van der Waals surface area contributed by atoms with Crippen molar-refractivity contribution in [3.8, 4) is 18.2 Å². The zero-order valence-electron chi connectivity index (χ0n) is 18.4. The van der Waals surface area contributed by atoms with E-state index in [2.05, 4.69) is 34.9 Å². The quantitative estimate of drug-likeness (QED) is 0.521. The second-order valence-corrected chi connectivity index (χ2v) is 8.12. The molecule has 0 N–H and O–H groups in total. The number of piperazine rings is 1. The van der Waals surface area contributed by atoms with Gasteiger partial charge in [-0.2, -0.15) is 15.8 Å². The fraction of sp³-hybridized carbons (Fsp3) is 0.222. The second kappa shape index (κ2) is 11.7. The second-order valence-electron chi connectivity index (χ2n) is 7.68. The van der Waals surface area contributed by atoms with Crippen LogP contribution in [0.15, 0.2) is 72.8 Å². The van der Waals surface area contributed by atoms with Crippen LogP contribution in [0.5, 0.6) is 0 Å². The first-order valence-electron chi connectivity index (χ1n) is 10.7. The first-order valence-corrected chi connectivity index (χ1v) is 11.1. The monoisotopic (exact) mass is 453 g/mol. The third-order valence-corrected chi connectivity index (χ3v) is 5.96. The highest BCUT2D eigenvalue weighted by atomic mass is 35.5. The minimum Gasteiger partial charge on any atom is -0.368 e. The molecule has 6 heteroatoms. The molecule has 3 aromatic carbocycles. The molecule has 0 spiro atoms. The van der Waals surface area contributed by atoms with Gasteiger partial charge in [0.1, 0.15) is 6.07 Å². The van der Waals surface area contributed by atoms with Gasteiger partial charge < -0.3 is 4.90 Å². The third kappa shape index (κ3) is 6.34. The Bertz CT molecular complexity index is 1180. The number of anilines is 1. The average molecular weight is 454 g/mol. The average Bonchev–Trinajstić information content (AvgIpc) is 2.89. The van der Waals surface area contributed by atoms with Crippen LogP contribution < -0.4 is 4.90 Å². The Hall–Kier alpha value is -3.82. The highest BCUT2D eigenvalue weighted by Gasteiger charge is 2.23. The van der Waals surface area contributed by atoms with Gasteiger partial charge in [-0.3, -0.25) is 4.90 Å². The van der Waals surface area contributed by atoms with Crippen LogP contribution in [-0.4, -0.2) is 31.1 Å². The molecule has 4 rings (SSSR count). The lowest BCUT2D eigenvalue weighted by atomic mass is 10.0. The smallest absolute Gasteiger partial charge is 0.101 e. The van der Waals surface area contributed by atoms with Gasteiger partial charge in [0, 0.05) is 37.2 Å². The van der Waals surface area contributed by atoms with Crippen LogP contribution in [0.25, 0.3) is 0 Å². The van der Waals surface area contributed by atoms with Gasteiger partial charge in [-0.05, 0) is 55.0 Å². The first kappa shape index (κ1) is 23.8. The summed E-state index contributed by atoms with van der Waals surface area (Å²) in [6.07, 6.45) is 0. The topological polar surface area (TPSA) is 77.8 Å². The molecule has 1 atom stereocenters. The van der Waals surface area contributed by atoms with Crippen molar-refractivity contribution >= 4 is 17.3 Å². The zero-order valence-corrected chi connectivity index (χ0v) is 19.2. The van der Waals surface area contributed by atoms with Gasteiger partial charge in [0.05, 0.1) is 34.5 Å². The van der Waals surface area contributed by atoms with E-state index in [0.29, 0.717) is 16.7 Å². The number of hydrogen-bond donors (Lipinski definition) is 0. The number of rotatable bonds is 3. The van der Waals surface area contributed by atoms with E-state index in [1.54, 1.807) is 12.1 Å². The Kier molecular flexibility index (Phi) is 8.45. The summed E-state index contributed by atoms with van der Waals surface area (Å²) in [7, 11) is 0. The lowest BCUT2D eigenvalue weighted by Gasteiger charge is -2.39. The van der Waals surface area contributed by atoms with Crippen molar-refractivity contribution in [1.82, 2.24) is 4.90 Å². The highest BCUT2D eigenvalue weighted by Crippen LogP contribution is 2.26. The lowest BCUT2D eigenvalue weighted by Crippen LogP contribution is -2.47. The summed E-state index contributed by atoms with van der Waals surface area (Å²) in [5.41, 5.74) is 3.84. The summed E-state index contributed by atoms with van der Waals surface area (Å²) in [5.74, 6) is 0. The fourth-order valence-corrected chi connectivity index (χ4v) is 3.93. The zero-order chi connectivity index (χ0) is 23.6. The van der Waals surface area contributed by atoms with E-state index in [9.17, 15) is 5.26 Å². The summed E-state index contributed by atoms with van der Waals surface area (Å²) in [5, 5.41) is 28.1. The van der Waals surface area contributed by atoms with Crippen molar-refractivity contribution in [3.63, 3.8) is 0 Å². The van der Waals surface area contributed by atoms with E-state index >= 15 is 0 Å². The highest BCUT2D eigenvalue weighted by molar-refractivity contribution is 6.30. The Labute approximate surface area is 200 Å². The van der Waals surface area contributed by atoms with Gasteiger partial charge in [-0.25, -0.2) is 0 Å². The number of halogens is 1. The van der Waals surface area contributed by atoms with E-state index in [0.717, 1.165) is 36.9 Å². The maximum atomic E-state index is 9.38. The third-order valence-electron chi connectivity index (χ3n) is 5.70. The van der Waals surface area contributed by atoms with Crippen molar-refractivity contribution in [3.05, 3.63) is 100 Å². The SMILES string of the molecule is CC(c1ccc(C#N)cc1)N1CCN(c2ccc(C#N)cc2C#N)CC1.Clc1ccccc1. The molecule has 1 heterocycles. The van der Waals surface area contributed by atoms with E-state index in [1.807, 2.05) is 60.7 Å². The van der Waals surface area contributed by atoms with Crippen LogP contribution in [0.2, 0.25) is 5.02 Å². The largest absolute Gasteiger partial charge is 0.368 e. The Morgan fingerprint density at radius 2 is 1.36 bits per heavy atom. The molecule has 0 aromatic heterocycles. The van der Waals surface area contributed by atoms with E-state index < -0.39 is 0 Å². The van der Waals surface area contributed by atoms with Gasteiger partial charge >= 0.3 is 0 Å². The van der Waals surface area contributed by atoms with Gasteiger partial charge in [0.25, 0.3) is 0 Å². The molecule has 33 heavy (non-hydrogen) atoms. The van der Waals surface area contributed by atoms with Crippen LogP contribution in [0.3, 0.4) is 0 Å². The Morgan fingerprint density at radius 3 is 1.88 bits per heavy atom. The van der Waals surface area contributed by atoms with Crippen molar-refractivity contribution in [2.24, 2.45) is 0 Å². The van der Waals surface area contributed by atoms with Gasteiger partial charge in [-0.15, -0.1) is 0 Å². The molecule has 1 saturated heterocycles. The molecule has 5 nitrogen and oxygen atoms in total. The molecule has 0 saturated carbocycles. The molecule has 1 aliphatic rings. The summed E-state index contributed by atoms with van der Waals surface area (Å²) in [6, 6.07) is 29.2. The van der Waals surface area contributed by atoms with Crippen LogP contribution in [0.1, 0.15) is 35.2 Å². The maximum absolute atomic E-state index is 9.38. The van der Waals surface area contributed by atoms with Crippen molar-refractivity contribution in [1.29, 1.82) is 15.8 Å². The van der Waals surface area contributed by atoms with Crippen molar-refractivity contribution in [2.75, 3.05) is 31.1 Å². The molecular weight excluding hydrogens is 430 g/mol. The number of nitriles is 3. The molecule has 0 amide bonds. The van der Waals surface area contributed by atoms with Crippen LogP contribution in [-0.2, 0) is 0 Å². The Balaban J connectivity index is 0.000000374. The van der Waals surface area contributed by atoms with Crippen LogP contribution in [0, 0.1) is 34.0 Å². The van der Waals surface area contributed by atoms with Crippen LogP contribution in [0.4, 0.5) is 5.69 Å². The molecule has 3 aromatic rings. The number of hydrogen-bond acceptors (Lipinski definition) is 5. The number of nitrogens with zero attached hydrogens (tertiary/aromatic N) is 5. The molecule has 0 bridgehead atoms. The van der Waals surface area contributed by atoms with E-state index in [4.69, 9.17) is 22.1 Å². The van der Waals surface area contributed by atoms with Gasteiger partial charge in [0.2, 0.25) is 0 Å². The van der Waals surface area contributed by atoms with Gasteiger partial charge in [-0.1, -0.05) is 41.9 Å². The van der Waals surface area contributed by atoms with Crippen molar-refractivity contribution < 1.29 is 0 Å². The fourth-order valence-electron chi connectivity index (χ4n) is 3.78.